The molecule has 0 aliphatic heterocycles. The van der Waals surface area contributed by atoms with E-state index in [1.54, 1.807) is 25.1 Å². The summed E-state index contributed by atoms with van der Waals surface area (Å²) in [6, 6.07) is 7.64. The van der Waals surface area contributed by atoms with Crippen LogP contribution in [0.25, 0.3) is 11.2 Å². The number of aryl methyl sites for hydroxylation is 1. The van der Waals surface area contributed by atoms with Crippen molar-refractivity contribution in [3.05, 3.63) is 36.4 Å². The summed E-state index contributed by atoms with van der Waals surface area (Å²) < 4.78 is 12.3. The van der Waals surface area contributed by atoms with Crippen LogP contribution in [0.15, 0.2) is 30.9 Å². The van der Waals surface area contributed by atoms with Gasteiger partial charge in [0.2, 0.25) is 0 Å². The molecule has 3 rings (SSSR count). The van der Waals surface area contributed by atoms with Crippen molar-refractivity contribution in [2.45, 2.75) is 19.6 Å². The highest BCUT2D eigenvalue weighted by Crippen LogP contribution is 2.28. The first-order valence-electron chi connectivity index (χ1n) is 7.88. The Morgan fingerprint density at radius 1 is 1.15 bits per heavy atom. The van der Waals surface area contributed by atoms with Crippen LogP contribution in [0, 0.1) is 11.3 Å². The van der Waals surface area contributed by atoms with Crippen LogP contribution < -0.4 is 15.0 Å². The van der Waals surface area contributed by atoms with Gasteiger partial charge in [-0.05, 0) is 17.7 Å². The van der Waals surface area contributed by atoms with Crippen molar-refractivity contribution in [2.24, 2.45) is 0 Å². The number of hydrogen-bond donors (Lipinski definition) is 1. The molecule has 2 heterocycles. The van der Waals surface area contributed by atoms with E-state index in [9.17, 15) is 0 Å². The molecule has 0 amide bonds. The van der Waals surface area contributed by atoms with Crippen LogP contribution in [0.2, 0.25) is 0 Å². The van der Waals surface area contributed by atoms with Gasteiger partial charge in [0.25, 0.3) is 0 Å². The highest BCUT2D eigenvalue weighted by atomic mass is 16.6. The second kappa shape index (κ2) is 8.13. The number of rotatable bonds is 8. The summed E-state index contributed by atoms with van der Waals surface area (Å²) in [5, 5.41) is 8.72. The molecule has 9 nitrogen and oxygen atoms in total. The molecule has 1 aromatic carbocycles. The van der Waals surface area contributed by atoms with E-state index >= 15 is 0 Å². The molecule has 0 saturated carbocycles. The van der Waals surface area contributed by atoms with Gasteiger partial charge in [-0.1, -0.05) is 6.07 Å². The molecule has 0 atom stereocenters. The molecule has 0 spiro atoms. The lowest BCUT2D eigenvalue weighted by Gasteiger charge is -2.10. The minimum absolute atomic E-state index is 0.293. The van der Waals surface area contributed by atoms with Crippen molar-refractivity contribution in [3.63, 3.8) is 0 Å². The van der Waals surface area contributed by atoms with Crippen LogP contribution in [0.3, 0.4) is 0 Å². The molecule has 0 radical (unpaired) electrons. The van der Waals surface area contributed by atoms with Crippen molar-refractivity contribution in [1.82, 2.24) is 19.5 Å². The van der Waals surface area contributed by atoms with Crippen LogP contribution in [-0.2, 0) is 18.0 Å². The highest BCUT2D eigenvalue weighted by Gasteiger charge is 2.10. The molecular formula is C17H18N6O3. The minimum Gasteiger partial charge on any atom is -0.493 e. The highest BCUT2D eigenvalue weighted by molar-refractivity contribution is 5.82. The molecule has 26 heavy (non-hydrogen) atoms. The number of aromatic nitrogens is 4. The lowest BCUT2D eigenvalue weighted by Crippen LogP contribution is -2.05. The Balaban J connectivity index is 1.69. The van der Waals surface area contributed by atoms with Gasteiger partial charge >= 0.3 is 0 Å². The summed E-state index contributed by atoms with van der Waals surface area (Å²) >= 11 is 0. The number of imidazole rings is 1. The van der Waals surface area contributed by atoms with Gasteiger partial charge in [0.15, 0.2) is 28.5 Å². The summed E-state index contributed by atoms with van der Waals surface area (Å²) in [6.45, 7) is 0.816. The Morgan fingerprint density at radius 3 is 2.77 bits per heavy atom. The van der Waals surface area contributed by atoms with Crippen LogP contribution in [0.1, 0.15) is 12.0 Å². The molecule has 0 aliphatic rings. The average Bonchev–Trinajstić information content (AvgIpc) is 3.10. The molecule has 0 saturated heterocycles. The second-order valence-corrected chi connectivity index (χ2v) is 5.32. The largest absolute Gasteiger partial charge is 0.493 e. The van der Waals surface area contributed by atoms with Crippen LogP contribution in [0.5, 0.6) is 11.5 Å². The third-order valence-electron chi connectivity index (χ3n) is 3.72. The molecule has 1 N–H and O–H groups in total. The van der Waals surface area contributed by atoms with Crippen LogP contribution in [0.4, 0.5) is 5.82 Å². The first-order chi connectivity index (χ1) is 12.8. The fourth-order valence-corrected chi connectivity index (χ4v) is 2.45. The topological polar surface area (TPSA) is 107 Å². The van der Waals surface area contributed by atoms with Crippen molar-refractivity contribution in [2.75, 3.05) is 19.7 Å². The van der Waals surface area contributed by atoms with E-state index in [1.165, 1.54) is 6.33 Å². The quantitative estimate of drug-likeness (QED) is 0.614. The molecule has 3 aromatic rings. The predicted molar refractivity (Wildman–Crippen MR) is 93.5 cm³/mol. The number of nitrogens with zero attached hydrogens (tertiary/aromatic N) is 5. The normalized spacial score (nSPS) is 10.5. The summed E-state index contributed by atoms with van der Waals surface area (Å²) in [5.41, 5.74) is 4.94. The molecule has 0 aliphatic carbocycles. The number of benzene rings is 1. The van der Waals surface area contributed by atoms with E-state index < -0.39 is 0 Å². The second-order valence-electron chi connectivity index (χ2n) is 5.32. The fourth-order valence-electron chi connectivity index (χ4n) is 2.45. The number of ether oxygens (including phenoxy) is 2. The van der Waals surface area contributed by atoms with Gasteiger partial charge in [0.05, 0.1) is 39.6 Å². The maximum Gasteiger partial charge on any atom is 0.181 e. The van der Waals surface area contributed by atoms with Crippen molar-refractivity contribution in [1.29, 1.82) is 5.26 Å². The van der Waals surface area contributed by atoms with E-state index in [0.29, 0.717) is 48.1 Å². The lowest BCUT2D eigenvalue weighted by molar-refractivity contribution is 0.179. The van der Waals surface area contributed by atoms with E-state index in [2.05, 4.69) is 26.5 Å². The first-order valence-corrected chi connectivity index (χ1v) is 7.88. The van der Waals surface area contributed by atoms with Crippen molar-refractivity contribution >= 4 is 17.0 Å². The number of anilines is 1. The van der Waals surface area contributed by atoms with Gasteiger partial charge in [-0.3, -0.25) is 4.84 Å². The zero-order valence-corrected chi connectivity index (χ0v) is 14.5. The SMILES string of the molecule is COc1ccc(CONc2ncnc3c2ncn3CCC#N)cc1OC. The third kappa shape index (κ3) is 3.65. The van der Waals surface area contributed by atoms with Gasteiger partial charge in [-0.15, -0.1) is 0 Å². The Morgan fingerprint density at radius 2 is 2.00 bits per heavy atom. The molecular weight excluding hydrogens is 336 g/mol. The van der Waals surface area contributed by atoms with Gasteiger partial charge in [-0.25, -0.2) is 20.4 Å². The fraction of sp³-hybridized carbons (Fsp3) is 0.294. The molecule has 9 heteroatoms. The van der Waals surface area contributed by atoms with E-state index in [4.69, 9.17) is 19.6 Å². The Hall–Kier alpha value is -3.38. The summed E-state index contributed by atoms with van der Waals surface area (Å²) in [4.78, 5) is 18.2. The number of hydrogen-bond acceptors (Lipinski definition) is 8. The van der Waals surface area contributed by atoms with Crippen LogP contribution >= 0.6 is 0 Å². The van der Waals surface area contributed by atoms with Crippen LogP contribution in [-0.4, -0.2) is 33.7 Å². The summed E-state index contributed by atoms with van der Waals surface area (Å²) in [6.07, 6.45) is 3.44. The number of fused-ring (bicyclic) bond motifs is 1. The summed E-state index contributed by atoms with van der Waals surface area (Å²) in [5.74, 6) is 1.75. The van der Waals surface area contributed by atoms with Crippen molar-refractivity contribution < 1.29 is 14.3 Å². The maximum atomic E-state index is 8.72. The smallest absolute Gasteiger partial charge is 0.181 e. The van der Waals surface area contributed by atoms with E-state index in [1.807, 2.05) is 18.2 Å². The Bertz CT molecular complexity index is 934. The minimum atomic E-state index is 0.293. The molecule has 0 bridgehead atoms. The molecule has 134 valence electrons. The predicted octanol–water partition coefficient (Wildman–Crippen LogP) is 2.30. The van der Waals surface area contributed by atoms with Gasteiger partial charge in [0, 0.05) is 6.54 Å². The average molecular weight is 354 g/mol. The van der Waals surface area contributed by atoms with E-state index in [0.717, 1.165) is 5.56 Å². The zero-order valence-electron chi connectivity index (χ0n) is 14.5. The van der Waals surface area contributed by atoms with Gasteiger partial charge < -0.3 is 14.0 Å². The Labute approximate surface area is 150 Å². The third-order valence-corrected chi connectivity index (χ3v) is 3.72. The number of methoxy groups -OCH3 is 2. The maximum absolute atomic E-state index is 8.72. The van der Waals surface area contributed by atoms with Gasteiger partial charge in [0.1, 0.15) is 6.33 Å². The lowest BCUT2D eigenvalue weighted by atomic mass is 10.2. The Kier molecular flexibility index (Phi) is 5.46. The number of nitriles is 1. The summed E-state index contributed by atoms with van der Waals surface area (Å²) in [7, 11) is 3.17. The van der Waals surface area contributed by atoms with E-state index in [-0.39, 0.29) is 0 Å². The molecule has 2 aromatic heterocycles. The monoisotopic (exact) mass is 354 g/mol. The van der Waals surface area contributed by atoms with Crippen molar-refractivity contribution in [3.8, 4) is 17.6 Å². The number of nitrogens with one attached hydrogen (secondary N) is 1. The first kappa shape index (κ1) is 17.4. The standard InChI is InChI=1S/C17H18N6O3/c1-24-13-5-4-12(8-14(13)25-2)9-26-22-16-15-17(20-10-19-16)23(11-21-15)7-3-6-18/h4-5,8,10-11H,3,7,9H2,1-2H3,(H,19,20,22). The van der Waals surface area contributed by atoms with Gasteiger partial charge in [-0.2, -0.15) is 5.26 Å². The zero-order chi connectivity index (χ0) is 18.4. The molecule has 0 unspecified atom stereocenters. The molecule has 0 fully saturated rings.